The number of benzene rings is 2. The van der Waals surface area contributed by atoms with Crippen LogP contribution in [0.1, 0.15) is 70.6 Å². The van der Waals surface area contributed by atoms with E-state index in [4.69, 9.17) is 9.47 Å². The highest BCUT2D eigenvalue weighted by atomic mass is 19.4. The van der Waals surface area contributed by atoms with Gasteiger partial charge in [0.25, 0.3) is 0 Å². The maximum absolute atomic E-state index is 14.1. The van der Waals surface area contributed by atoms with Crippen LogP contribution in [0.4, 0.5) is 57.1 Å². The largest absolute Gasteiger partial charge is 0.487 e. The summed E-state index contributed by atoms with van der Waals surface area (Å²) in [6.45, 7) is -2.79. The number of alkyl halides is 13. The first-order valence-corrected chi connectivity index (χ1v) is 17.2. The van der Waals surface area contributed by atoms with Crippen LogP contribution in [0.25, 0.3) is 22.5 Å². The predicted molar refractivity (Wildman–Crippen MR) is 169 cm³/mol. The van der Waals surface area contributed by atoms with E-state index in [1.165, 1.54) is 75.9 Å². The normalized spacial score (nSPS) is 16.9. The summed E-state index contributed by atoms with van der Waals surface area (Å²) in [6, 6.07) is 9.29. The van der Waals surface area contributed by atoms with Crippen LogP contribution in [0.5, 0.6) is 17.2 Å². The van der Waals surface area contributed by atoms with Gasteiger partial charge in [-0.3, -0.25) is 0 Å². The van der Waals surface area contributed by atoms with Crippen LogP contribution < -0.4 is 14.2 Å². The zero-order valence-electron chi connectivity index (χ0n) is 28.4. The zero-order chi connectivity index (χ0) is 39.6. The van der Waals surface area contributed by atoms with E-state index in [1.54, 1.807) is 18.2 Å². The van der Waals surface area contributed by atoms with Gasteiger partial charge in [-0.25, -0.2) is 9.97 Å². The Labute approximate surface area is 301 Å². The molecular weight excluding hydrogens is 755 g/mol. The van der Waals surface area contributed by atoms with Gasteiger partial charge in [-0.2, -0.15) is 57.1 Å². The Morgan fingerprint density at radius 3 is 1.65 bits per heavy atom. The second-order valence-electron chi connectivity index (χ2n) is 13.4. The van der Waals surface area contributed by atoms with Crippen molar-refractivity contribution in [1.82, 2.24) is 9.97 Å². The Balaban J connectivity index is 1.11. The van der Waals surface area contributed by atoms with Crippen molar-refractivity contribution in [3.05, 3.63) is 54.9 Å². The standard InChI is InChI=1S/C36H35F13N2O3/c37-31(38,32(39,40)33(41,42)34(43,44)35(45,46)36(47,48)49)21-52-26-15-12-23(13-16-26)25-19-50-30(51-20-25)24-14-17-27-28(18-24)54-29(53-27)9-7-5-3-1-2-4-6-8-22-10-11-22/h12-20,22,29H,1-11,21H2. The van der Waals surface area contributed by atoms with Gasteiger partial charge in [0.15, 0.2) is 23.9 Å². The van der Waals surface area contributed by atoms with Crippen molar-refractivity contribution >= 4 is 0 Å². The molecular formula is C36H35F13N2O3. The highest BCUT2D eigenvalue weighted by Crippen LogP contribution is 2.60. The second-order valence-corrected chi connectivity index (χ2v) is 13.4. The van der Waals surface area contributed by atoms with Crippen molar-refractivity contribution in [2.45, 2.75) is 113 Å². The van der Waals surface area contributed by atoms with Gasteiger partial charge < -0.3 is 14.2 Å². The van der Waals surface area contributed by atoms with Crippen LogP contribution in [0.15, 0.2) is 54.9 Å². The molecule has 1 saturated carbocycles. The molecule has 1 unspecified atom stereocenters. The summed E-state index contributed by atoms with van der Waals surface area (Å²) in [5.74, 6) is -35.7. The summed E-state index contributed by atoms with van der Waals surface area (Å²) >= 11 is 0. The number of halogens is 13. The summed E-state index contributed by atoms with van der Waals surface area (Å²) in [5, 5.41) is 0. The van der Waals surface area contributed by atoms with Gasteiger partial charge in [0, 0.05) is 29.9 Å². The van der Waals surface area contributed by atoms with Gasteiger partial charge >= 0.3 is 35.8 Å². The summed E-state index contributed by atoms with van der Waals surface area (Å²) < 4.78 is 190. The first kappa shape index (κ1) is 41.2. The summed E-state index contributed by atoms with van der Waals surface area (Å²) in [6.07, 6.45) is 8.12. The van der Waals surface area contributed by atoms with Crippen LogP contribution in [-0.4, -0.2) is 58.7 Å². The minimum atomic E-state index is -7.97. The van der Waals surface area contributed by atoms with E-state index < -0.39 is 54.4 Å². The Morgan fingerprint density at radius 1 is 0.556 bits per heavy atom. The maximum Gasteiger partial charge on any atom is 0.460 e. The van der Waals surface area contributed by atoms with Crippen molar-refractivity contribution < 1.29 is 71.3 Å². The molecule has 298 valence electrons. The lowest BCUT2D eigenvalue weighted by Crippen LogP contribution is -2.70. The lowest BCUT2D eigenvalue weighted by Gasteiger charge is -2.39. The van der Waals surface area contributed by atoms with Crippen molar-refractivity contribution in [2.24, 2.45) is 5.92 Å². The highest BCUT2D eigenvalue weighted by molar-refractivity contribution is 5.66. The topological polar surface area (TPSA) is 53.5 Å². The highest BCUT2D eigenvalue weighted by Gasteiger charge is 2.90. The summed E-state index contributed by atoms with van der Waals surface area (Å²) in [7, 11) is 0. The minimum Gasteiger partial charge on any atom is -0.487 e. The number of aromatic nitrogens is 2. The molecule has 1 aromatic heterocycles. The molecule has 5 nitrogen and oxygen atoms in total. The molecule has 0 radical (unpaired) electrons. The molecule has 18 heteroatoms. The first-order valence-electron chi connectivity index (χ1n) is 17.2. The Morgan fingerprint density at radius 2 is 1.07 bits per heavy atom. The minimum absolute atomic E-state index is 0.296. The van der Waals surface area contributed by atoms with Crippen molar-refractivity contribution in [3.8, 4) is 39.8 Å². The number of unbranched alkanes of at least 4 members (excludes halogenated alkanes) is 6. The molecule has 1 atom stereocenters. The van der Waals surface area contributed by atoms with Crippen LogP contribution in [0.3, 0.4) is 0 Å². The van der Waals surface area contributed by atoms with Gasteiger partial charge in [0.2, 0.25) is 6.29 Å². The number of rotatable bonds is 19. The van der Waals surface area contributed by atoms with Crippen LogP contribution >= 0.6 is 0 Å². The number of ether oxygens (including phenoxy) is 3. The average Bonchev–Trinajstić information content (AvgIpc) is 3.85. The molecule has 2 heterocycles. The van der Waals surface area contributed by atoms with E-state index >= 15 is 0 Å². The lowest BCUT2D eigenvalue weighted by molar-refractivity contribution is -0.440. The zero-order valence-corrected chi connectivity index (χ0v) is 28.4. The van der Waals surface area contributed by atoms with Crippen LogP contribution in [0.2, 0.25) is 0 Å². The molecule has 5 rings (SSSR count). The molecule has 0 amide bonds. The smallest absolute Gasteiger partial charge is 0.460 e. The van der Waals surface area contributed by atoms with E-state index in [0.29, 0.717) is 34.0 Å². The number of hydrogen-bond donors (Lipinski definition) is 0. The Bertz CT molecular complexity index is 1700. The SMILES string of the molecule is FC(F)(F)C(F)(F)C(F)(F)C(F)(F)C(F)(F)C(F)(F)COc1ccc(-c2cnc(-c3ccc4c(c3)OC(CCCCCCCCCC3CC3)O4)nc2)cc1. The molecule has 0 bridgehead atoms. The van der Waals surface area contributed by atoms with Crippen molar-refractivity contribution in [2.75, 3.05) is 6.61 Å². The van der Waals surface area contributed by atoms with E-state index in [9.17, 15) is 57.1 Å². The lowest BCUT2D eigenvalue weighted by atomic mass is 9.94. The Kier molecular flexibility index (Phi) is 11.9. The monoisotopic (exact) mass is 790 g/mol. The van der Waals surface area contributed by atoms with Crippen molar-refractivity contribution in [3.63, 3.8) is 0 Å². The van der Waals surface area contributed by atoms with E-state index in [-0.39, 0.29) is 0 Å². The van der Waals surface area contributed by atoms with E-state index in [0.717, 1.165) is 37.3 Å². The third-order valence-corrected chi connectivity index (χ3v) is 9.23. The molecule has 0 saturated heterocycles. The number of fused-ring (bicyclic) bond motifs is 1. The molecule has 2 aliphatic rings. The first-order chi connectivity index (χ1) is 25.2. The molecule has 1 fully saturated rings. The third kappa shape index (κ3) is 8.61. The van der Waals surface area contributed by atoms with Gasteiger partial charge in [-0.1, -0.05) is 69.9 Å². The quantitative estimate of drug-likeness (QED) is 0.0894. The molecule has 3 aromatic rings. The predicted octanol–water partition coefficient (Wildman–Crippen LogP) is 11.9. The molecule has 0 spiro atoms. The molecule has 1 aliphatic carbocycles. The average molecular weight is 791 g/mol. The van der Waals surface area contributed by atoms with Gasteiger partial charge in [-0.05, 0) is 48.2 Å². The molecule has 1 aliphatic heterocycles. The van der Waals surface area contributed by atoms with Gasteiger partial charge in [0.1, 0.15) is 5.75 Å². The Hall–Kier alpha value is -3.99. The van der Waals surface area contributed by atoms with Crippen molar-refractivity contribution in [1.29, 1.82) is 0 Å². The second kappa shape index (κ2) is 15.6. The van der Waals surface area contributed by atoms with E-state index in [2.05, 4.69) is 14.7 Å². The van der Waals surface area contributed by atoms with Gasteiger partial charge in [-0.15, -0.1) is 0 Å². The molecule has 54 heavy (non-hydrogen) atoms. The fraction of sp³-hybridized carbons (Fsp3) is 0.556. The third-order valence-electron chi connectivity index (χ3n) is 9.23. The maximum atomic E-state index is 14.1. The van der Waals surface area contributed by atoms with Gasteiger partial charge in [0.05, 0.1) is 0 Å². The van der Waals surface area contributed by atoms with E-state index in [1.807, 2.05) is 0 Å². The van der Waals surface area contributed by atoms with Crippen LogP contribution in [0, 0.1) is 5.92 Å². The number of nitrogens with zero attached hydrogens (tertiary/aromatic N) is 2. The van der Waals surface area contributed by atoms with Crippen LogP contribution in [-0.2, 0) is 0 Å². The molecule has 0 N–H and O–H groups in total. The number of hydrogen-bond acceptors (Lipinski definition) is 5. The molecule has 2 aromatic carbocycles. The summed E-state index contributed by atoms with van der Waals surface area (Å²) in [4.78, 5) is 8.59. The fourth-order valence-electron chi connectivity index (χ4n) is 5.73. The summed E-state index contributed by atoms with van der Waals surface area (Å²) in [5.41, 5.74) is 1.26. The fourth-order valence-corrected chi connectivity index (χ4v) is 5.73.